The van der Waals surface area contributed by atoms with Gasteiger partial charge in [-0.3, -0.25) is 4.79 Å². The number of hydrogen-bond acceptors (Lipinski definition) is 9. The lowest BCUT2D eigenvalue weighted by molar-refractivity contribution is -0.122. The first-order valence-electron chi connectivity index (χ1n) is 11.7. The second kappa shape index (κ2) is 11.2. The molecule has 10 nitrogen and oxygen atoms in total. The van der Waals surface area contributed by atoms with Gasteiger partial charge in [-0.25, -0.2) is 14.2 Å². The van der Waals surface area contributed by atoms with Crippen LogP contribution in [0.5, 0.6) is 11.5 Å². The topological polar surface area (TPSA) is 139 Å². The van der Waals surface area contributed by atoms with Gasteiger partial charge in [-0.15, -0.1) is 0 Å². The quantitative estimate of drug-likeness (QED) is 0.394. The van der Waals surface area contributed by atoms with Crippen LogP contribution >= 0.6 is 0 Å². The molecule has 0 atom stereocenters. The van der Waals surface area contributed by atoms with Crippen LogP contribution in [-0.4, -0.2) is 51.3 Å². The average molecular weight is 509 g/mol. The van der Waals surface area contributed by atoms with E-state index in [1.807, 2.05) is 38.1 Å². The first-order chi connectivity index (χ1) is 17.4. The molecule has 0 aliphatic carbocycles. The van der Waals surface area contributed by atoms with E-state index in [0.717, 1.165) is 18.4 Å². The number of fused-ring (bicyclic) bond motifs is 1. The van der Waals surface area contributed by atoms with Crippen molar-refractivity contribution in [3.8, 4) is 17.6 Å². The van der Waals surface area contributed by atoms with E-state index in [4.69, 9.17) is 14.7 Å². The summed E-state index contributed by atoms with van der Waals surface area (Å²) >= 11 is 0. The Balaban J connectivity index is 1.70. The Morgan fingerprint density at radius 3 is 2.69 bits per heavy atom. The van der Waals surface area contributed by atoms with E-state index in [1.165, 1.54) is 6.33 Å². The van der Waals surface area contributed by atoms with Crippen molar-refractivity contribution in [2.45, 2.75) is 26.7 Å². The van der Waals surface area contributed by atoms with E-state index in [1.54, 1.807) is 12.1 Å². The standard InChI is InChI=1S/C25H28N6O4S/c1-3-17-6-7-19(21(12-17)35-15-23(32)27-9-8-26)30-25-24-20(28-16-29-25)13-18(14-22(24)34-4-2)31-36(33)10-5-11-36/h6-7,12-14,16H,3-5,9-11,15H2,1-2H3,(H,27,32)(H,28,29,30). The van der Waals surface area contributed by atoms with Gasteiger partial charge >= 0.3 is 0 Å². The second-order valence-electron chi connectivity index (χ2n) is 8.15. The maximum Gasteiger partial charge on any atom is 0.258 e. The number of amides is 1. The molecule has 1 fully saturated rings. The maximum absolute atomic E-state index is 12.7. The molecule has 36 heavy (non-hydrogen) atoms. The van der Waals surface area contributed by atoms with Crippen LogP contribution < -0.4 is 20.1 Å². The number of carbonyl (C=O) groups excluding carboxylic acids is 1. The summed E-state index contributed by atoms with van der Waals surface area (Å²) in [4.78, 5) is 20.8. The fraction of sp³-hybridized carbons (Fsp3) is 0.360. The van der Waals surface area contributed by atoms with Gasteiger partial charge in [0.15, 0.2) is 6.61 Å². The van der Waals surface area contributed by atoms with Gasteiger partial charge < -0.3 is 20.1 Å². The maximum atomic E-state index is 12.7. The summed E-state index contributed by atoms with van der Waals surface area (Å²) in [5.74, 6) is 2.32. The van der Waals surface area contributed by atoms with Gasteiger partial charge in [-0.1, -0.05) is 13.0 Å². The van der Waals surface area contributed by atoms with E-state index in [0.29, 0.717) is 57.7 Å². The molecule has 0 bridgehead atoms. The van der Waals surface area contributed by atoms with Crippen molar-refractivity contribution in [3.63, 3.8) is 0 Å². The SMILES string of the molecule is CCOc1cc(N=S2(=O)CCC2)cc2ncnc(Nc3ccc(CC)cc3OCC(=O)NCC#N)c12. The van der Waals surface area contributed by atoms with Gasteiger partial charge in [0.05, 0.1) is 44.7 Å². The minimum absolute atomic E-state index is 0.0847. The number of ether oxygens (including phenoxy) is 2. The lowest BCUT2D eigenvalue weighted by Gasteiger charge is -2.19. The van der Waals surface area contributed by atoms with E-state index >= 15 is 0 Å². The molecular weight excluding hydrogens is 480 g/mol. The van der Waals surface area contributed by atoms with Gasteiger partial charge in [-0.05, 0) is 43.5 Å². The lowest BCUT2D eigenvalue weighted by Crippen LogP contribution is -2.29. The molecule has 0 saturated carbocycles. The van der Waals surface area contributed by atoms with Crippen molar-refractivity contribution >= 4 is 43.7 Å². The van der Waals surface area contributed by atoms with Crippen LogP contribution in [0, 0.1) is 11.3 Å². The highest BCUT2D eigenvalue weighted by molar-refractivity contribution is 7.95. The number of nitrogens with one attached hydrogen (secondary N) is 2. The molecule has 1 saturated heterocycles. The first-order valence-corrected chi connectivity index (χ1v) is 13.6. The van der Waals surface area contributed by atoms with Gasteiger partial charge in [0.2, 0.25) is 0 Å². The highest BCUT2D eigenvalue weighted by Gasteiger charge is 2.21. The first kappa shape index (κ1) is 25.2. The van der Waals surface area contributed by atoms with Crippen molar-refractivity contribution in [2.75, 3.05) is 36.6 Å². The molecule has 2 aromatic carbocycles. The molecule has 2 heterocycles. The summed E-state index contributed by atoms with van der Waals surface area (Å²) in [6.07, 6.45) is 3.15. The van der Waals surface area contributed by atoms with Crippen molar-refractivity contribution < 1.29 is 18.5 Å². The fourth-order valence-electron chi connectivity index (χ4n) is 3.70. The smallest absolute Gasteiger partial charge is 0.258 e. The number of hydrogen-bond donors (Lipinski definition) is 2. The summed E-state index contributed by atoms with van der Waals surface area (Å²) in [5, 5.41) is 15.1. The predicted octanol–water partition coefficient (Wildman–Crippen LogP) is 3.86. The van der Waals surface area contributed by atoms with Crippen LogP contribution in [0.3, 0.4) is 0 Å². The van der Waals surface area contributed by atoms with E-state index in [2.05, 4.69) is 25.0 Å². The van der Waals surface area contributed by atoms with Gasteiger partial charge in [-0.2, -0.15) is 9.62 Å². The summed E-state index contributed by atoms with van der Waals surface area (Å²) in [6, 6.07) is 11.1. The highest BCUT2D eigenvalue weighted by Crippen LogP contribution is 2.38. The third-order valence-corrected chi connectivity index (χ3v) is 8.01. The van der Waals surface area contributed by atoms with Crippen molar-refractivity contribution in [2.24, 2.45) is 4.36 Å². The van der Waals surface area contributed by atoms with Crippen LogP contribution in [-0.2, 0) is 20.9 Å². The predicted molar refractivity (Wildman–Crippen MR) is 139 cm³/mol. The van der Waals surface area contributed by atoms with Crippen molar-refractivity contribution in [1.29, 1.82) is 5.26 Å². The molecule has 1 aliphatic rings. The molecule has 0 radical (unpaired) electrons. The Kier molecular flexibility index (Phi) is 7.85. The van der Waals surface area contributed by atoms with Crippen LogP contribution in [0.4, 0.5) is 17.2 Å². The third-order valence-electron chi connectivity index (χ3n) is 5.62. The third kappa shape index (κ3) is 5.83. The minimum atomic E-state index is -2.19. The lowest BCUT2D eigenvalue weighted by atomic mass is 10.1. The molecule has 1 aromatic heterocycles. The summed E-state index contributed by atoms with van der Waals surface area (Å²) in [5.41, 5.74) is 2.81. The number of nitrogens with zero attached hydrogens (tertiary/aromatic N) is 4. The zero-order valence-corrected chi connectivity index (χ0v) is 21.1. The molecule has 0 unspecified atom stereocenters. The van der Waals surface area contributed by atoms with Crippen molar-refractivity contribution in [3.05, 3.63) is 42.2 Å². The monoisotopic (exact) mass is 508 g/mol. The second-order valence-corrected chi connectivity index (χ2v) is 10.7. The Hall–Kier alpha value is -3.91. The van der Waals surface area contributed by atoms with Crippen LogP contribution in [0.25, 0.3) is 10.9 Å². The number of carbonyl (C=O) groups is 1. The van der Waals surface area contributed by atoms with E-state index < -0.39 is 15.6 Å². The molecule has 1 amide bonds. The summed E-state index contributed by atoms with van der Waals surface area (Å²) < 4.78 is 28.9. The Morgan fingerprint density at radius 1 is 1.17 bits per heavy atom. The molecule has 11 heteroatoms. The molecule has 3 aromatic rings. The zero-order valence-electron chi connectivity index (χ0n) is 20.2. The Bertz CT molecular complexity index is 1430. The van der Waals surface area contributed by atoms with Gasteiger partial charge in [0, 0.05) is 17.6 Å². The number of nitriles is 1. The summed E-state index contributed by atoms with van der Waals surface area (Å²) in [7, 11) is -2.19. The molecule has 0 spiro atoms. The van der Waals surface area contributed by atoms with Crippen LogP contribution in [0.2, 0.25) is 0 Å². The van der Waals surface area contributed by atoms with E-state index in [-0.39, 0.29) is 13.2 Å². The normalized spacial score (nSPS) is 13.8. The Labute approximate surface area is 210 Å². The summed E-state index contributed by atoms with van der Waals surface area (Å²) in [6.45, 7) is 4.00. The largest absolute Gasteiger partial charge is 0.493 e. The molecule has 4 rings (SSSR count). The molecular formula is C25H28N6O4S. The average Bonchev–Trinajstić information content (AvgIpc) is 2.86. The number of rotatable bonds is 10. The number of aromatic nitrogens is 2. The van der Waals surface area contributed by atoms with Crippen LogP contribution in [0.1, 0.15) is 25.8 Å². The van der Waals surface area contributed by atoms with Crippen molar-refractivity contribution in [1.82, 2.24) is 15.3 Å². The number of aryl methyl sites for hydroxylation is 1. The molecule has 2 N–H and O–H groups in total. The van der Waals surface area contributed by atoms with E-state index in [9.17, 15) is 9.00 Å². The zero-order chi connectivity index (χ0) is 25.5. The molecule has 1 aliphatic heterocycles. The van der Waals surface area contributed by atoms with Gasteiger partial charge in [0.1, 0.15) is 30.2 Å². The van der Waals surface area contributed by atoms with Crippen LogP contribution in [0.15, 0.2) is 41.0 Å². The minimum Gasteiger partial charge on any atom is -0.493 e. The Morgan fingerprint density at radius 2 is 2.00 bits per heavy atom. The highest BCUT2D eigenvalue weighted by atomic mass is 32.2. The molecule has 188 valence electrons. The fourth-order valence-corrected chi connectivity index (χ4v) is 5.16. The number of benzene rings is 2. The number of anilines is 2. The van der Waals surface area contributed by atoms with Gasteiger partial charge in [0.25, 0.3) is 5.91 Å².